The zero-order chi connectivity index (χ0) is 19.4. The van der Waals surface area contributed by atoms with Gasteiger partial charge in [-0.1, -0.05) is 43.8 Å². The smallest absolute Gasteiger partial charge is 0.227 e. The maximum atomic E-state index is 11.3. The molecule has 0 fully saturated rings. The summed E-state index contributed by atoms with van der Waals surface area (Å²) in [6.07, 6.45) is 0. The molecule has 0 aliphatic heterocycles. The van der Waals surface area contributed by atoms with Crippen LogP contribution < -0.4 is 10.5 Å². The van der Waals surface area contributed by atoms with Gasteiger partial charge in [0.15, 0.2) is 11.0 Å². The van der Waals surface area contributed by atoms with Crippen LogP contribution in [0.1, 0.15) is 25.3 Å². The molecule has 0 bridgehead atoms. The van der Waals surface area contributed by atoms with Crippen LogP contribution in [0.5, 0.6) is 5.75 Å². The molecule has 1 aromatic heterocycles. The van der Waals surface area contributed by atoms with E-state index in [1.54, 1.807) is 7.11 Å². The van der Waals surface area contributed by atoms with Crippen molar-refractivity contribution in [1.29, 1.82) is 0 Å². The predicted molar refractivity (Wildman–Crippen MR) is 107 cm³/mol. The van der Waals surface area contributed by atoms with Crippen LogP contribution in [0, 0.1) is 0 Å². The third kappa shape index (κ3) is 4.14. The summed E-state index contributed by atoms with van der Waals surface area (Å²) in [5.74, 6) is 1.55. The first-order chi connectivity index (χ1) is 13.0. The van der Waals surface area contributed by atoms with E-state index in [2.05, 4.69) is 30.1 Å². The Balaban J connectivity index is 2.16. The predicted octanol–water partition coefficient (Wildman–Crippen LogP) is 3.64. The van der Waals surface area contributed by atoms with Crippen molar-refractivity contribution in [2.45, 2.75) is 24.9 Å². The number of benzene rings is 2. The van der Waals surface area contributed by atoms with E-state index in [0.29, 0.717) is 16.9 Å². The van der Waals surface area contributed by atoms with Crippen LogP contribution in [0.25, 0.3) is 17.1 Å². The lowest BCUT2D eigenvalue weighted by molar-refractivity contribution is -0.115. The summed E-state index contributed by atoms with van der Waals surface area (Å²) in [5.41, 5.74) is 8.41. The normalized spacial score (nSPS) is 11.0. The Kier molecular flexibility index (Phi) is 5.81. The van der Waals surface area contributed by atoms with Crippen LogP contribution in [-0.4, -0.2) is 33.5 Å². The number of para-hydroxylation sites is 1. The molecule has 1 amide bonds. The van der Waals surface area contributed by atoms with E-state index >= 15 is 0 Å². The van der Waals surface area contributed by atoms with Crippen LogP contribution in [0.4, 0.5) is 0 Å². The molecule has 140 valence electrons. The monoisotopic (exact) mass is 382 g/mol. The van der Waals surface area contributed by atoms with Crippen molar-refractivity contribution < 1.29 is 9.53 Å². The maximum absolute atomic E-state index is 11.3. The number of hydrogen-bond acceptors (Lipinski definition) is 5. The minimum atomic E-state index is -0.391. The Morgan fingerprint density at radius 2 is 1.85 bits per heavy atom. The van der Waals surface area contributed by atoms with Crippen LogP contribution in [-0.2, 0) is 4.79 Å². The fourth-order valence-electron chi connectivity index (χ4n) is 2.82. The van der Waals surface area contributed by atoms with Gasteiger partial charge in [-0.05, 0) is 41.8 Å². The summed E-state index contributed by atoms with van der Waals surface area (Å²) in [5, 5.41) is 9.35. The van der Waals surface area contributed by atoms with Gasteiger partial charge in [0.25, 0.3) is 0 Å². The summed E-state index contributed by atoms with van der Waals surface area (Å²) in [6.45, 7) is 4.29. The number of thioether (sulfide) groups is 1. The molecule has 0 unspecified atom stereocenters. The molecule has 6 nitrogen and oxygen atoms in total. The number of nitrogens with zero attached hydrogens (tertiary/aromatic N) is 3. The molecule has 0 aliphatic rings. The second kappa shape index (κ2) is 8.26. The molecule has 0 saturated carbocycles. The third-order valence-corrected chi connectivity index (χ3v) is 5.08. The molecule has 2 aromatic carbocycles. The SMILES string of the molecule is COc1ccc(-c2nnc(SCC(N)=O)n2-c2ccccc2C(C)C)cc1. The molecule has 0 aliphatic carbocycles. The van der Waals surface area contributed by atoms with E-state index in [-0.39, 0.29) is 5.75 Å². The highest BCUT2D eigenvalue weighted by atomic mass is 32.2. The van der Waals surface area contributed by atoms with Crippen molar-refractivity contribution in [3.63, 3.8) is 0 Å². The first kappa shape index (κ1) is 19.0. The molecule has 3 aromatic rings. The number of primary amides is 1. The molecule has 1 heterocycles. The molecule has 3 rings (SSSR count). The summed E-state index contributed by atoms with van der Waals surface area (Å²) in [6, 6.07) is 15.8. The van der Waals surface area contributed by atoms with Gasteiger partial charge in [0.1, 0.15) is 5.75 Å². The zero-order valence-electron chi connectivity index (χ0n) is 15.5. The standard InChI is InChI=1S/C20H22N4O2S/c1-13(2)16-6-4-5-7-17(16)24-19(14-8-10-15(26-3)11-9-14)22-23-20(24)27-12-18(21)25/h4-11,13H,12H2,1-3H3,(H2,21,25). The van der Waals surface area contributed by atoms with Gasteiger partial charge in [-0.3, -0.25) is 9.36 Å². The molecule has 0 atom stereocenters. The summed E-state index contributed by atoms with van der Waals surface area (Å²) in [7, 11) is 1.63. The maximum Gasteiger partial charge on any atom is 0.227 e. The molecule has 0 radical (unpaired) electrons. The highest BCUT2D eigenvalue weighted by Crippen LogP contribution is 2.32. The fourth-order valence-corrected chi connectivity index (χ4v) is 3.51. The van der Waals surface area contributed by atoms with Gasteiger partial charge in [-0.25, -0.2) is 0 Å². The van der Waals surface area contributed by atoms with E-state index in [1.165, 1.54) is 17.3 Å². The summed E-state index contributed by atoms with van der Waals surface area (Å²) in [4.78, 5) is 11.3. The Hall–Kier alpha value is -2.80. The quantitative estimate of drug-likeness (QED) is 0.631. The number of carbonyl (C=O) groups is 1. The second-order valence-corrected chi connectivity index (χ2v) is 7.28. The first-order valence-corrected chi connectivity index (χ1v) is 9.60. The largest absolute Gasteiger partial charge is 0.497 e. The van der Waals surface area contributed by atoms with Crippen molar-refractivity contribution >= 4 is 17.7 Å². The van der Waals surface area contributed by atoms with E-state index in [4.69, 9.17) is 10.5 Å². The zero-order valence-corrected chi connectivity index (χ0v) is 16.4. The highest BCUT2D eigenvalue weighted by molar-refractivity contribution is 7.99. The number of amides is 1. The first-order valence-electron chi connectivity index (χ1n) is 8.61. The van der Waals surface area contributed by atoms with Crippen molar-refractivity contribution in [1.82, 2.24) is 14.8 Å². The number of rotatable bonds is 7. The minimum Gasteiger partial charge on any atom is -0.497 e. The van der Waals surface area contributed by atoms with Crippen molar-refractivity contribution in [3.8, 4) is 22.8 Å². The van der Waals surface area contributed by atoms with Crippen LogP contribution in [0.15, 0.2) is 53.7 Å². The number of aromatic nitrogens is 3. The van der Waals surface area contributed by atoms with Crippen molar-refractivity contribution in [2.24, 2.45) is 5.73 Å². The van der Waals surface area contributed by atoms with Crippen LogP contribution >= 0.6 is 11.8 Å². The van der Waals surface area contributed by atoms with Crippen molar-refractivity contribution in [2.75, 3.05) is 12.9 Å². The lowest BCUT2D eigenvalue weighted by Gasteiger charge is -2.16. The molecule has 7 heteroatoms. The summed E-state index contributed by atoms with van der Waals surface area (Å²) >= 11 is 1.28. The lowest BCUT2D eigenvalue weighted by Crippen LogP contribution is -2.14. The number of hydrogen-bond donors (Lipinski definition) is 1. The van der Waals surface area contributed by atoms with E-state index in [0.717, 1.165) is 17.0 Å². The molecule has 27 heavy (non-hydrogen) atoms. The number of carbonyl (C=O) groups excluding carboxylic acids is 1. The molecule has 0 saturated heterocycles. The topological polar surface area (TPSA) is 83.0 Å². The van der Waals surface area contributed by atoms with Gasteiger partial charge >= 0.3 is 0 Å². The Morgan fingerprint density at radius 3 is 2.48 bits per heavy atom. The van der Waals surface area contributed by atoms with Gasteiger partial charge in [-0.2, -0.15) is 0 Å². The summed E-state index contributed by atoms with van der Waals surface area (Å²) < 4.78 is 7.23. The van der Waals surface area contributed by atoms with Gasteiger partial charge in [0.05, 0.1) is 18.6 Å². The fraction of sp³-hybridized carbons (Fsp3) is 0.250. The Labute approximate surface area is 162 Å². The third-order valence-electron chi connectivity index (χ3n) is 4.12. The molecule has 0 spiro atoms. The van der Waals surface area contributed by atoms with Crippen LogP contribution in [0.2, 0.25) is 0 Å². The average Bonchev–Trinajstić information content (AvgIpc) is 3.10. The molecular formula is C20H22N4O2S. The number of nitrogens with two attached hydrogens (primary N) is 1. The lowest BCUT2D eigenvalue weighted by atomic mass is 10.0. The minimum absolute atomic E-state index is 0.143. The van der Waals surface area contributed by atoms with E-state index in [1.807, 2.05) is 47.0 Å². The Morgan fingerprint density at radius 1 is 1.15 bits per heavy atom. The number of ether oxygens (including phenoxy) is 1. The van der Waals surface area contributed by atoms with Crippen LogP contribution in [0.3, 0.4) is 0 Å². The van der Waals surface area contributed by atoms with Gasteiger partial charge in [-0.15, -0.1) is 10.2 Å². The van der Waals surface area contributed by atoms with Gasteiger partial charge < -0.3 is 10.5 Å². The van der Waals surface area contributed by atoms with E-state index in [9.17, 15) is 4.79 Å². The van der Waals surface area contributed by atoms with Gasteiger partial charge in [0.2, 0.25) is 5.91 Å². The van der Waals surface area contributed by atoms with Crippen molar-refractivity contribution in [3.05, 3.63) is 54.1 Å². The Bertz CT molecular complexity index is 935. The average molecular weight is 382 g/mol. The highest BCUT2D eigenvalue weighted by Gasteiger charge is 2.19. The molecular weight excluding hydrogens is 360 g/mol. The van der Waals surface area contributed by atoms with E-state index < -0.39 is 5.91 Å². The second-order valence-electron chi connectivity index (χ2n) is 6.34. The van der Waals surface area contributed by atoms with Gasteiger partial charge in [0, 0.05) is 5.56 Å². The number of methoxy groups -OCH3 is 1. The molecule has 2 N–H and O–H groups in total.